The first-order chi connectivity index (χ1) is 8.90. The topological polar surface area (TPSA) is 12.0 Å². The third kappa shape index (κ3) is 1.54. The van der Waals surface area contributed by atoms with E-state index in [4.69, 9.17) is 0 Å². The largest absolute Gasteiger partial charge is 0.384 e. The molecule has 0 amide bonds. The Balaban J connectivity index is 1.78. The van der Waals surface area contributed by atoms with Gasteiger partial charge in [-0.1, -0.05) is 24.3 Å². The lowest BCUT2D eigenvalue weighted by atomic mass is 9.98. The van der Waals surface area contributed by atoms with E-state index < -0.39 is 0 Å². The van der Waals surface area contributed by atoms with Crippen LogP contribution < -0.4 is 5.32 Å². The van der Waals surface area contributed by atoms with Crippen LogP contribution in [0.15, 0.2) is 36.4 Å². The molecule has 0 saturated carbocycles. The minimum atomic E-state index is 1.09. The summed E-state index contributed by atoms with van der Waals surface area (Å²) in [6.45, 7) is 1.09. The fourth-order valence-electron chi connectivity index (χ4n) is 3.24. The average Bonchev–Trinajstić information content (AvgIpc) is 3.05. The van der Waals surface area contributed by atoms with Gasteiger partial charge in [-0.3, -0.25) is 0 Å². The van der Waals surface area contributed by atoms with Crippen molar-refractivity contribution in [3.8, 4) is 11.1 Å². The summed E-state index contributed by atoms with van der Waals surface area (Å²) < 4.78 is 0. The molecule has 0 fully saturated rings. The minimum absolute atomic E-state index is 1.09. The smallest absolute Gasteiger partial charge is 0.0373 e. The minimum Gasteiger partial charge on any atom is -0.384 e. The van der Waals surface area contributed by atoms with Gasteiger partial charge in [0, 0.05) is 12.2 Å². The third-order valence-electron chi connectivity index (χ3n) is 4.25. The maximum atomic E-state index is 3.42. The monoisotopic (exact) mass is 235 g/mol. The van der Waals surface area contributed by atoms with E-state index in [1.165, 1.54) is 41.6 Å². The molecule has 18 heavy (non-hydrogen) atoms. The Bertz CT molecular complexity index is 558. The summed E-state index contributed by atoms with van der Waals surface area (Å²) in [5.74, 6) is 0. The molecule has 0 radical (unpaired) electrons. The van der Waals surface area contributed by atoms with E-state index in [-0.39, 0.29) is 0 Å². The van der Waals surface area contributed by atoms with E-state index in [1.54, 1.807) is 11.1 Å². The van der Waals surface area contributed by atoms with Crippen LogP contribution in [0, 0.1) is 0 Å². The molecule has 1 nitrogen and oxygen atoms in total. The number of aryl methyl sites for hydroxylation is 2. The van der Waals surface area contributed by atoms with Gasteiger partial charge < -0.3 is 5.32 Å². The van der Waals surface area contributed by atoms with Crippen molar-refractivity contribution in [1.82, 2.24) is 0 Å². The van der Waals surface area contributed by atoms with Gasteiger partial charge >= 0.3 is 0 Å². The number of hydrogen-bond donors (Lipinski definition) is 1. The van der Waals surface area contributed by atoms with Crippen LogP contribution in [-0.2, 0) is 19.3 Å². The first-order valence-electron chi connectivity index (χ1n) is 6.89. The van der Waals surface area contributed by atoms with Crippen LogP contribution in [0.4, 0.5) is 5.69 Å². The summed E-state index contributed by atoms with van der Waals surface area (Å²) in [7, 11) is 0. The molecule has 1 N–H and O–H groups in total. The number of hydrogen-bond acceptors (Lipinski definition) is 1. The van der Waals surface area contributed by atoms with Crippen LogP contribution >= 0.6 is 0 Å². The number of nitrogens with one attached hydrogen (secondary N) is 1. The summed E-state index contributed by atoms with van der Waals surface area (Å²) in [6, 6.07) is 13.8. The Morgan fingerprint density at radius 1 is 0.722 bits per heavy atom. The summed E-state index contributed by atoms with van der Waals surface area (Å²) in [5, 5.41) is 3.42. The fraction of sp³-hybridized carbons (Fsp3) is 0.294. The second kappa shape index (κ2) is 3.88. The highest BCUT2D eigenvalue weighted by atomic mass is 14.9. The van der Waals surface area contributed by atoms with Crippen molar-refractivity contribution in [2.24, 2.45) is 0 Å². The normalized spacial score (nSPS) is 16.2. The van der Waals surface area contributed by atoms with E-state index in [0.29, 0.717) is 0 Å². The SMILES string of the molecule is c1cc2c(cc1-c1ccc3c(c1)CCN3)CCC2. The molecule has 2 aliphatic rings. The van der Waals surface area contributed by atoms with Crippen molar-refractivity contribution in [2.75, 3.05) is 11.9 Å². The Labute approximate surface area is 108 Å². The first kappa shape index (κ1) is 10.2. The molecule has 2 aromatic rings. The molecule has 1 heteroatoms. The molecule has 1 aliphatic carbocycles. The van der Waals surface area contributed by atoms with Crippen LogP contribution in [0.25, 0.3) is 11.1 Å². The van der Waals surface area contributed by atoms with Gasteiger partial charge in [-0.2, -0.15) is 0 Å². The number of rotatable bonds is 1. The van der Waals surface area contributed by atoms with Gasteiger partial charge in [0.25, 0.3) is 0 Å². The molecular formula is C17H17N. The van der Waals surface area contributed by atoms with Gasteiger partial charge in [-0.05, 0) is 65.6 Å². The molecule has 1 heterocycles. The number of fused-ring (bicyclic) bond motifs is 2. The lowest BCUT2D eigenvalue weighted by Crippen LogP contribution is -1.90. The summed E-state index contributed by atoms with van der Waals surface area (Å²) in [6.07, 6.45) is 5.01. The highest BCUT2D eigenvalue weighted by Gasteiger charge is 2.13. The van der Waals surface area contributed by atoms with E-state index in [2.05, 4.69) is 41.7 Å². The van der Waals surface area contributed by atoms with Gasteiger partial charge in [-0.25, -0.2) is 0 Å². The molecule has 90 valence electrons. The molecule has 0 spiro atoms. The molecule has 0 aromatic heterocycles. The van der Waals surface area contributed by atoms with Crippen molar-refractivity contribution in [3.63, 3.8) is 0 Å². The van der Waals surface area contributed by atoms with Gasteiger partial charge in [0.2, 0.25) is 0 Å². The molecule has 0 atom stereocenters. The Morgan fingerprint density at radius 2 is 1.50 bits per heavy atom. The summed E-state index contributed by atoms with van der Waals surface area (Å²) in [4.78, 5) is 0. The third-order valence-corrected chi connectivity index (χ3v) is 4.25. The second-order valence-corrected chi connectivity index (χ2v) is 5.39. The zero-order chi connectivity index (χ0) is 11.9. The molecular weight excluding hydrogens is 218 g/mol. The maximum absolute atomic E-state index is 3.42. The number of benzene rings is 2. The van der Waals surface area contributed by atoms with Crippen LogP contribution in [-0.4, -0.2) is 6.54 Å². The maximum Gasteiger partial charge on any atom is 0.0373 e. The Morgan fingerprint density at radius 3 is 2.44 bits per heavy atom. The highest BCUT2D eigenvalue weighted by molar-refractivity contribution is 5.71. The quantitative estimate of drug-likeness (QED) is 0.792. The van der Waals surface area contributed by atoms with Gasteiger partial charge in [-0.15, -0.1) is 0 Å². The predicted molar refractivity (Wildman–Crippen MR) is 76.1 cm³/mol. The predicted octanol–water partition coefficient (Wildman–Crippen LogP) is 3.81. The van der Waals surface area contributed by atoms with Crippen molar-refractivity contribution in [3.05, 3.63) is 53.1 Å². The molecule has 2 aromatic carbocycles. The first-order valence-corrected chi connectivity index (χ1v) is 6.89. The van der Waals surface area contributed by atoms with Crippen LogP contribution in [0.3, 0.4) is 0 Å². The van der Waals surface area contributed by atoms with Crippen molar-refractivity contribution >= 4 is 5.69 Å². The van der Waals surface area contributed by atoms with E-state index in [9.17, 15) is 0 Å². The zero-order valence-corrected chi connectivity index (χ0v) is 10.5. The second-order valence-electron chi connectivity index (χ2n) is 5.39. The van der Waals surface area contributed by atoms with Crippen LogP contribution in [0.1, 0.15) is 23.1 Å². The van der Waals surface area contributed by atoms with Gasteiger partial charge in [0.05, 0.1) is 0 Å². The summed E-state index contributed by atoms with van der Waals surface area (Å²) >= 11 is 0. The Hall–Kier alpha value is -1.76. The lowest BCUT2D eigenvalue weighted by Gasteiger charge is -2.07. The zero-order valence-electron chi connectivity index (χ0n) is 10.5. The van der Waals surface area contributed by atoms with E-state index in [0.717, 1.165) is 13.0 Å². The van der Waals surface area contributed by atoms with E-state index >= 15 is 0 Å². The van der Waals surface area contributed by atoms with Crippen molar-refractivity contribution in [2.45, 2.75) is 25.7 Å². The Kier molecular flexibility index (Phi) is 2.19. The van der Waals surface area contributed by atoms with Gasteiger partial charge in [0.1, 0.15) is 0 Å². The van der Waals surface area contributed by atoms with Crippen molar-refractivity contribution in [1.29, 1.82) is 0 Å². The van der Waals surface area contributed by atoms with Crippen LogP contribution in [0.2, 0.25) is 0 Å². The van der Waals surface area contributed by atoms with Gasteiger partial charge in [0.15, 0.2) is 0 Å². The number of anilines is 1. The molecule has 0 bridgehead atoms. The molecule has 4 rings (SSSR count). The standard InChI is InChI=1S/C17H17N/c1-2-12-4-5-14(10-13(12)3-1)15-6-7-17-16(11-15)8-9-18-17/h4-7,10-11,18H,1-3,8-9H2. The average molecular weight is 235 g/mol. The van der Waals surface area contributed by atoms with Crippen LogP contribution in [0.5, 0.6) is 0 Å². The fourth-order valence-corrected chi connectivity index (χ4v) is 3.24. The van der Waals surface area contributed by atoms with Crippen molar-refractivity contribution < 1.29 is 0 Å². The molecule has 0 unspecified atom stereocenters. The van der Waals surface area contributed by atoms with E-state index in [1.807, 2.05) is 0 Å². The molecule has 0 saturated heterocycles. The highest BCUT2D eigenvalue weighted by Crippen LogP contribution is 2.31. The summed E-state index contributed by atoms with van der Waals surface area (Å²) in [5.41, 5.74) is 8.65. The lowest BCUT2D eigenvalue weighted by molar-refractivity contribution is 0.912. The molecule has 1 aliphatic heterocycles.